The van der Waals surface area contributed by atoms with Crippen LogP contribution in [0.3, 0.4) is 0 Å². The molecule has 3 heterocycles. The number of hydrogen-bond acceptors (Lipinski definition) is 14. The summed E-state index contributed by atoms with van der Waals surface area (Å²) in [5.74, 6) is 0. The molecular formula is C20H36O14. The SMILES string of the molecule is CO[C@@H]1[C@@H](O)[C@@H](C)O[C@@H](C)[C@H]1OC1O[C@H](COC2O[C@H](CO)[C@@H](O)[C@H](O)[C@H]2O)[C@@H](O)[C@H](O)[C@H]1O. The van der Waals surface area contributed by atoms with Crippen molar-refractivity contribution in [2.45, 2.75) is 106 Å². The van der Waals surface area contributed by atoms with Gasteiger partial charge in [0.25, 0.3) is 0 Å². The predicted molar refractivity (Wildman–Crippen MR) is 108 cm³/mol. The Morgan fingerprint density at radius 3 is 1.76 bits per heavy atom. The fraction of sp³-hybridized carbons (Fsp3) is 1.00. The third-order valence-corrected chi connectivity index (χ3v) is 6.54. The van der Waals surface area contributed by atoms with Crippen molar-refractivity contribution >= 4 is 0 Å². The molecule has 200 valence electrons. The molecule has 14 nitrogen and oxygen atoms in total. The van der Waals surface area contributed by atoms with Crippen LogP contribution in [0.5, 0.6) is 0 Å². The molecule has 0 aromatic carbocycles. The first-order chi connectivity index (χ1) is 16.0. The van der Waals surface area contributed by atoms with Gasteiger partial charge < -0.3 is 69.3 Å². The largest absolute Gasteiger partial charge is 0.394 e. The smallest absolute Gasteiger partial charge is 0.187 e. The minimum atomic E-state index is -1.70. The van der Waals surface area contributed by atoms with Gasteiger partial charge in [0.05, 0.1) is 25.4 Å². The molecule has 3 aliphatic rings. The zero-order valence-electron chi connectivity index (χ0n) is 19.1. The van der Waals surface area contributed by atoms with E-state index in [9.17, 15) is 40.9 Å². The van der Waals surface area contributed by atoms with Crippen LogP contribution in [0.4, 0.5) is 0 Å². The van der Waals surface area contributed by atoms with E-state index in [0.29, 0.717) is 0 Å². The maximum Gasteiger partial charge on any atom is 0.187 e. The Kier molecular flexibility index (Phi) is 9.61. The van der Waals surface area contributed by atoms with Crippen molar-refractivity contribution in [3.05, 3.63) is 0 Å². The van der Waals surface area contributed by atoms with E-state index in [0.717, 1.165) is 0 Å². The second-order valence-corrected chi connectivity index (χ2v) is 8.88. The standard InChI is InChI=1S/C20H36O14/c1-6-10(22)18(29-3)17(7(2)31-6)34-20-16(28)14(26)12(24)9(33-20)5-30-19-15(27)13(25)11(23)8(4-21)32-19/h6-28H,4-5H2,1-3H3/t6-,7+,8-,9-,10+,11-,12-,13+,14+,15-,16-,17-,18-,19?,20?/m1/s1. The summed E-state index contributed by atoms with van der Waals surface area (Å²) in [5.41, 5.74) is 0. The van der Waals surface area contributed by atoms with Gasteiger partial charge in [-0.25, -0.2) is 0 Å². The number of aliphatic hydroxyl groups is 8. The molecule has 3 aliphatic heterocycles. The lowest BCUT2D eigenvalue weighted by molar-refractivity contribution is -0.351. The van der Waals surface area contributed by atoms with E-state index >= 15 is 0 Å². The third kappa shape index (κ3) is 5.55. The fourth-order valence-electron chi connectivity index (χ4n) is 4.40. The summed E-state index contributed by atoms with van der Waals surface area (Å²) in [5, 5.41) is 80.6. The molecule has 2 unspecified atom stereocenters. The number of hydrogen-bond donors (Lipinski definition) is 8. The maximum absolute atomic E-state index is 10.4. The molecule has 3 fully saturated rings. The van der Waals surface area contributed by atoms with Crippen LogP contribution in [0.1, 0.15) is 13.8 Å². The minimum absolute atomic E-state index is 0.489. The first-order valence-corrected chi connectivity index (χ1v) is 11.1. The molecule has 0 amide bonds. The van der Waals surface area contributed by atoms with Gasteiger partial charge in [0, 0.05) is 7.11 Å². The normalized spacial score (nSPS) is 52.5. The molecule has 3 saturated heterocycles. The molecule has 0 radical (unpaired) electrons. The minimum Gasteiger partial charge on any atom is -0.394 e. The summed E-state index contributed by atoms with van der Waals surface area (Å²) in [7, 11) is 1.38. The van der Waals surface area contributed by atoms with Crippen LogP contribution in [-0.4, -0.2) is 153 Å². The van der Waals surface area contributed by atoms with Gasteiger partial charge >= 0.3 is 0 Å². The van der Waals surface area contributed by atoms with Crippen molar-refractivity contribution in [3.8, 4) is 0 Å². The molecule has 8 N–H and O–H groups in total. The van der Waals surface area contributed by atoms with Gasteiger partial charge in [0.1, 0.15) is 67.1 Å². The average Bonchev–Trinajstić information content (AvgIpc) is 2.81. The molecule has 0 aromatic heterocycles. The van der Waals surface area contributed by atoms with Crippen LogP contribution in [0.15, 0.2) is 0 Å². The third-order valence-electron chi connectivity index (χ3n) is 6.54. The second kappa shape index (κ2) is 11.7. The van der Waals surface area contributed by atoms with Crippen LogP contribution < -0.4 is 0 Å². The zero-order chi connectivity index (χ0) is 25.3. The van der Waals surface area contributed by atoms with E-state index in [-0.39, 0.29) is 0 Å². The van der Waals surface area contributed by atoms with Crippen molar-refractivity contribution in [3.63, 3.8) is 0 Å². The van der Waals surface area contributed by atoms with Crippen LogP contribution in [-0.2, 0) is 28.4 Å². The van der Waals surface area contributed by atoms with Crippen LogP contribution >= 0.6 is 0 Å². The lowest BCUT2D eigenvalue weighted by Crippen LogP contribution is -2.64. The van der Waals surface area contributed by atoms with E-state index in [1.165, 1.54) is 7.11 Å². The predicted octanol–water partition coefficient (Wildman–Crippen LogP) is -4.82. The van der Waals surface area contributed by atoms with Gasteiger partial charge in [0.2, 0.25) is 0 Å². The monoisotopic (exact) mass is 500 g/mol. The fourth-order valence-corrected chi connectivity index (χ4v) is 4.40. The summed E-state index contributed by atoms with van der Waals surface area (Å²) in [6, 6.07) is 0. The Labute approximate surface area is 196 Å². The number of aliphatic hydroxyl groups excluding tert-OH is 8. The molecule has 34 heavy (non-hydrogen) atoms. The first kappa shape index (κ1) is 28.0. The highest BCUT2D eigenvalue weighted by Gasteiger charge is 2.50. The molecule has 15 atom stereocenters. The lowest BCUT2D eigenvalue weighted by atomic mass is 9.95. The van der Waals surface area contributed by atoms with Crippen molar-refractivity contribution in [1.29, 1.82) is 0 Å². The Balaban J connectivity index is 1.66. The van der Waals surface area contributed by atoms with Crippen molar-refractivity contribution < 1.29 is 69.3 Å². The number of methoxy groups -OCH3 is 1. The molecule has 14 heteroatoms. The van der Waals surface area contributed by atoms with Crippen LogP contribution in [0.2, 0.25) is 0 Å². The Bertz CT molecular complexity index is 638. The summed E-state index contributed by atoms with van der Waals surface area (Å²) < 4.78 is 33.1. The van der Waals surface area contributed by atoms with E-state index in [4.69, 9.17) is 28.4 Å². The van der Waals surface area contributed by atoms with E-state index in [2.05, 4.69) is 0 Å². The number of rotatable bonds is 7. The molecule has 3 rings (SSSR count). The van der Waals surface area contributed by atoms with Gasteiger partial charge in [-0.1, -0.05) is 0 Å². The molecule has 0 bridgehead atoms. The first-order valence-electron chi connectivity index (χ1n) is 11.1. The average molecular weight is 500 g/mol. The molecule has 0 aliphatic carbocycles. The highest BCUT2D eigenvalue weighted by atomic mass is 16.7. The highest BCUT2D eigenvalue weighted by Crippen LogP contribution is 2.31. The van der Waals surface area contributed by atoms with Gasteiger partial charge in [-0.2, -0.15) is 0 Å². The van der Waals surface area contributed by atoms with Crippen molar-refractivity contribution in [1.82, 2.24) is 0 Å². The van der Waals surface area contributed by atoms with Crippen molar-refractivity contribution in [2.75, 3.05) is 20.3 Å². The Hall–Kier alpha value is -0.560. The molecular weight excluding hydrogens is 464 g/mol. The molecule has 0 saturated carbocycles. The molecule has 0 aromatic rings. The summed E-state index contributed by atoms with van der Waals surface area (Å²) in [6.45, 7) is 2.21. The second-order valence-electron chi connectivity index (χ2n) is 8.88. The maximum atomic E-state index is 10.4. The Morgan fingerprint density at radius 1 is 0.618 bits per heavy atom. The summed E-state index contributed by atoms with van der Waals surface area (Å²) in [4.78, 5) is 0. The topological polar surface area (TPSA) is 217 Å². The summed E-state index contributed by atoms with van der Waals surface area (Å²) in [6.07, 6.45) is -19.2. The molecule has 0 spiro atoms. The number of ether oxygens (including phenoxy) is 6. The van der Waals surface area contributed by atoms with E-state index in [1.807, 2.05) is 0 Å². The van der Waals surface area contributed by atoms with Crippen LogP contribution in [0.25, 0.3) is 0 Å². The van der Waals surface area contributed by atoms with Gasteiger partial charge in [-0.3, -0.25) is 0 Å². The zero-order valence-corrected chi connectivity index (χ0v) is 19.1. The van der Waals surface area contributed by atoms with Crippen molar-refractivity contribution in [2.24, 2.45) is 0 Å². The van der Waals surface area contributed by atoms with E-state index in [1.54, 1.807) is 13.8 Å². The van der Waals surface area contributed by atoms with Gasteiger partial charge in [-0.05, 0) is 13.8 Å². The quantitative estimate of drug-likeness (QED) is 0.165. The van der Waals surface area contributed by atoms with E-state index < -0.39 is 105 Å². The van der Waals surface area contributed by atoms with Gasteiger partial charge in [0.15, 0.2) is 12.6 Å². The Morgan fingerprint density at radius 2 is 1.18 bits per heavy atom. The lowest BCUT2D eigenvalue weighted by Gasteiger charge is -2.46. The highest BCUT2D eigenvalue weighted by molar-refractivity contribution is 4.95. The van der Waals surface area contributed by atoms with Crippen LogP contribution in [0, 0.1) is 0 Å². The summed E-state index contributed by atoms with van der Waals surface area (Å²) >= 11 is 0. The van der Waals surface area contributed by atoms with Gasteiger partial charge in [-0.15, -0.1) is 0 Å².